The predicted molar refractivity (Wildman–Crippen MR) is 84.0 cm³/mol. The van der Waals surface area contributed by atoms with Crippen LogP contribution in [0.4, 0.5) is 4.39 Å². The summed E-state index contributed by atoms with van der Waals surface area (Å²) in [4.78, 5) is 12.2. The zero-order chi connectivity index (χ0) is 15.1. The fourth-order valence-electron chi connectivity index (χ4n) is 1.70. The lowest BCUT2D eigenvalue weighted by atomic mass is 10.2. The molecule has 21 heavy (non-hydrogen) atoms. The van der Waals surface area contributed by atoms with Gasteiger partial charge in [-0.2, -0.15) is 11.3 Å². The molecule has 0 aliphatic rings. The number of thiophene rings is 1. The van der Waals surface area contributed by atoms with Crippen LogP contribution >= 0.6 is 23.1 Å². The highest BCUT2D eigenvalue weighted by Gasteiger charge is 2.10. The first-order valence-corrected chi connectivity index (χ1v) is 8.44. The van der Waals surface area contributed by atoms with Gasteiger partial charge in [0.25, 0.3) is 0 Å². The van der Waals surface area contributed by atoms with E-state index in [1.54, 1.807) is 18.2 Å². The van der Waals surface area contributed by atoms with Crippen molar-refractivity contribution in [3.63, 3.8) is 0 Å². The van der Waals surface area contributed by atoms with Crippen LogP contribution in [-0.4, -0.2) is 23.3 Å². The Labute approximate surface area is 131 Å². The molecule has 1 aromatic carbocycles. The topological polar surface area (TPSA) is 49.3 Å². The Balaban J connectivity index is 1.67. The Kier molecular flexibility index (Phi) is 6.22. The average Bonchev–Trinajstić information content (AvgIpc) is 3.01. The number of rotatable bonds is 7. The minimum absolute atomic E-state index is 0.145. The molecule has 2 aromatic rings. The first-order valence-electron chi connectivity index (χ1n) is 6.51. The van der Waals surface area contributed by atoms with Crippen LogP contribution in [0.15, 0.2) is 46.0 Å². The molecule has 1 unspecified atom stereocenters. The molecule has 0 radical (unpaired) electrons. The van der Waals surface area contributed by atoms with E-state index in [2.05, 4.69) is 5.32 Å². The van der Waals surface area contributed by atoms with Crippen LogP contribution in [0.2, 0.25) is 0 Å². The average molecular weight is 325 g/mol. The third-order valence-electron chi connectivity index (χ3n) is 2.84. The van der Waals surface area contributed by atoms with Gasteiger partial charge in [-0.15, -0.1) is 11.8 Å². The molecule has 112 valence electrons. The second-order valence-electron chi connectivity index (χ2n) is 4.41. The van der Waals surface area contributed by atoms with E-state index >= 15 is 0 Å². The number of thioether (sulfide) groups is 1. The predicted octanol–water partition coefficient (Wildman–Crippen LogP) is 3.22. The zero-order valence-corrected chi connectivity index (χ0v) is 12.9. The molecule has 1 amide bonds. The van der Waals surface area contributed by atoms with E-state index in [-0.39, 0.29) is 24.7 Å². The van der Waals surface area contributed by atoms with Crippen LogP contribution < -0.4 is 5.32 Å². The van der Waals surface area contributed by atoms with Gasteiger partial charge in [-0.25, -0.2) is 4.39 Å². The van der Waals surface area contributed by atoms with Crippen molar-refractivity contribution in [3.05, 3.63) is 52.5 Å². The number of aliphatic hydroxyl groups excluding tert-OH is 1. The summed E-state index contributed by atoms with van der Waals surface area (Å²) in [5, 5.41) is 16.2. The standard InChI is InChI=1S/C15H16FNO2S2/c16-12-3-1-2-4-14(12)21-8-6-15(19)17-9-13(18)11-5-7-20-10-11/h1-5,7,10,13,18H,6,8-9H2,(H,17,19). The van der Waals surface area contributed by atoms with Gasteiger partial charge in [0.15, 0.2) is 0 Å². The molecule has 0 fully saturated rings. The molecule has 1 atom stereocenters. The number of hydrogen-bond donors (Lipinski definition) is 2. The number of halogens is 1. The van der Waals surface area contributed by atoms with Crippen molar-refractivity contribution in [2.75, 3.05) is 12.3 Å². The van der Waals surface area contributed by atoms with Crippen molar-refractivity contribution in [1.82, 2.24) is 5.32 Å². The molecular formula is C15H16FNO2S2. The van der Waals surface area contributed by atoms with E-state index in [4.69, 9.17) is 0 Å². The van der Waals surface area contributed by atoms with E-state index < -0.39 is 6.10 Å². The summed E-state index contributed by atoms with van der Waals surface area (Å²) in [6.07, 6.45) is -0.394. The third kappa shape index (κ3) is 5.15. The largest absolute Gasteiger partial charge is 0.387 e. The van der Waals surface area contributed by atoms with Gasteiger partial charge in [0.2, 0.25) is 5.91 Å². The van der Waals surface area contributed by atoms with Gasteiger partial charge in [-0.05, 0) is 34.5 Å². The normalized spacial score (nSPS) is 12.1. The summed E-state index contributed by atoms with van der Waals surface area (Å²) in [7, 11) is 0. The monoisotopic (exact) mass is 325 g/mol. The van der Waals surface area contributed by atoms with Gasteiger partial charge in [-0.3, -0.25) is 4.79 Å². The van der Waals surface area contributed by atoms with Crippen LogP contribution in [0.25, 0.3) is 0 Å². The molecule has 2 rings (SSSR count). The van der Waals surface area contributed by atoms with E-state index in [9.17, 15) is 14.3 Å². The van der Waals surface area contributed by atoms with Gasteiger partial charge < -0.3 is 10.4 Å². The Bertz CT molecular complexity index is 575. The van der Waals surface area contributed by atoms with Gasteiger partial charge in [0.05, 0.1) is 6.10 Å². The van der Waals surface area contributed by atoms with Gasteiger partial charge >= 0.3 is 0 Å². The van der Waals surface area contributed by atoms with E-state index in [0.29, 0.717) is 10.6 Å². The molecule has 1 aromatic heterocycles. The number of benzene rings is 1. The number of carbonyl (C=O) groups excluding carboxylic acids is 1. The van der Waals surface area contributed by atoms with Crippen LogP contribution in [0.3, 0.4) is 0 Å². The number of carbonyl (C=O) groups is 1. The summed E-state index contributed by atoms with van der Waals surface area (Å²) >= 11 is 2.81. The van der Waals surface area contributed by atoms with Crippen molar-refractivity contribution in [3.8, 4) is 0 Å². The Morgan fingerprint density at radius 3 is 2.90 bits per heavy atom. The maximum atomic E-state index is 13.4. The summed E-state index contributed by atoms with van der Waals surface area (Å²) in [5.74, 6) is 0.0883. The lowest BCUT2D eigenvalue weighted by Crippen LogP contribution is -2.28. The molecule has 0 saturated carbocycles. The highest BCUT2D eigenvalue weighted by atomic mass is 32.2. The highest BCUT2D eigenvalue weighted by Crippen LogP contribution is 2.21. The summed E-state index contributed by atoms with van der Waals surface area (Å²) < 4.78 is 13.4. The van der Waals surface area contributed by atoms with Crippen molar-refractivity contribution in [2.45, 2.75) is 17.4 Å². The molecule has 0 spiro atoms. The highest BCUT2D eigenvalue weighted by molar-refractivity contribution is 7.99. The summed E-state index contributed by atoms with van der Waals surface area (Å²) in [6, 6.07) is 8.33. The second kappa shape index (κ2) is 8.17. The van der Waals surface area contributed by atoms with Crippen LogP contribution in [0, 0.1) is 5.82 Å². The Morgan fingerprint density at radius 2 is 2.19 bits per heavy atom. The van der Waals surface area contributed by atoms with Gasteiger partial charge in [0, 0.05) is 23.6 Å². The zero-order valence-electron chi connectivity index (χ0n) is 11.3. The smallest absolute Gasteiger partial charge is 0.220 e. The van der Waals surface area contributed by atoms with Crippen LogP contribution in [-0.2, 0) is 4.79 Å². The number of aliphatic hydroxyl groups is 1. The van der Waals surface area contributed by atoms with E-state index in [1.165, 1.54) is 29.2 Å². The van der Waals surface area contributed by atoms with Crippen molar-refractivity contribution in [2.24, 2.45) is 0 Å². The first-order chi connectivity index (χ1) is 10.2. The number of amides is 1. The lowest BCUT2D eigenvalue weighted by molar-refractivity contribution is -0.121. The van der Waals surface area contributed by atoms with Crippen LogP contribution in [0.1, 0.15) is 18.1 Å². The second-order valence-corrected chi connectivity index (χ2v) is 6.32. The Hall–Kier alpha value is -1.37. The quantitative estimate of drug-likeness (QED) is 0.769. The molecule has 2 N–H and O–H groups in total. The lowest BCUT2D eigenvalue weighted by Gasteiger charge is -2.10. The molecule has 0 aliphatic heterocycles. The van der Waals surface area contributed by atoms with Gasteiger partial charge in [-0.1, -0.05) is 12.1 Å². The van der Waals surface area contributed by atoms with Crippen molar-refractivity contribution in [1.29, 1.82) is 0 Å². The summed E-state index contributed by atoms with van der Waals surface area (Å²) in [6.45, 7) is 0.194. The third-order valence-corrected chi connectivity index (χ3v) is 4.60. The van der Waals surface area contributed by atoms with Crippen LogP contribution in [0.5, 0.6) is 0 Å². The molecule has 0 bridgehead atoms. The molecule has 3 nitrogen and oxygen atoms in total. The Morgan fingerprint density at radius 1 is 1.38 bits per heavy atom. The van der Waals surface area contributed by atoms with Crippen molar-refractivity contribution >= 4 is 29.0 Å². The minimum Gasteiger partial charge on any atom is -0.387 e. The maximum Gasteiger partial charge on any atom is 0.220 e. The summed E-state index contributed by atoms with van der Waals surface area (Å²) in [5.41, 5.74) is 0.807. The first kappa shape index (κ1) is 16.0. The fourth-order valence-corrected chi connectivity index (χ4v) is 3.29. The fraction of sp³-hybridized carbons (Fsp3) is 0.267. The minimum atomic E-state index is -0.681. The molecule has 0 aliphatic carbocycles. The number of hydrogen-bond acceptors (Lipinski definition) is 4. The number of nitrogens with one attached hydrogen (secondary N) is 1. The maximum absolute atomic E-state index is 13.4. The molecular weight excluding hydrogens is 309 g/mol. The SMILES string of the molecule is O=C(CCSc1ccccc1F)NCC(O)c1ccsc1. The molecule has 1 heterocycles. The molecule has 0 saturated heterocycles. The van der Waals surface area contributed by atoms with Gasteiger partial charge in [0.1, 0.15) is 5.82 Å². The van der Waals surface area contributed by atoms with E-state index in [0.717, 1.165) is 5.56 Å². The molecule has 6 heteroatoms. The van der Waals surface area contributed by atoms with Crippen molar-refractivity contribution < 1.29 is 14.3 Å². The van der Waals surface area contributed by atoms with E-state index in [1.807, 2.05) is 16.8 Å².